The van der Waals surface area contributed by atoms with Gasteiger partial charge in [0.2, 0.25) is 5.89 Å². The summed E-state index contributed by atoms with van der Waals surface area (Å²) in [6, 6.07) is 17.6. The van der Waals surface area contributed by atoms with Gasteiger partial charge in [-0.2, -0.15) is 0 Å². The number of halogens is 1. The first kappa shape index (κ1) is 16.0. The summed E-state index contributed by atoms with van der Waals surface area (Å²) in [5, 5.41) is 10.3. The molecular formula is C19H18BrNO2. The molecule has 1 atom stereocenters. The number of hydrogen-bond acceptors (Lipinski definition) is 3. The summed E-state index contributed by atoms with van der Waals surface area (Å²) < 4.78 is 6.76. The maximum absolute atomic E-state index is 10.3. The minimum Gasteiger partial charge on any atom is -0.441 e. The van der Waals surface area contributed by atoms with E-state index in [1.165, 1.54) is 0 Å². The van der Waals surface area contributed by atoms with Gasteiger partial charge in [0.1, 0.15) is 5.76 Å². The molecule has 4 heteroatoms. The van der Waals surface area contributed by atoms with Crippen LogP contribution in [0.4, 0.5) is 0 Å². The zero-order valence-electron chi connectivity index (χ0n) is 12.9. The highest BCUT2D eigenvalue weighted by atomic mass is 79.9. The van der Waals surface area contributed by atoms with Crippen LogP contribution in [-0.2, 0) is 6.42 Å². The van der Waals surface area contributed by atoms with E-state index in [1.807, 2.05) is 61.5 Å². The zero-order chi connectivity index (χ0) is 16.2. The van der Waals surface area contributed by atoms with Crippen LogP contribution in [0.3, 0.4) is 0 Å². The van der Waals surface area contributed by atoms with Crippen molar-refractivity contribution >= 4 is 15.9 Å². The summed E-state index contributed by atoms with van der Waals surface area (Å²) in [4.78, 5) is 4.57. The van der Waals surface area contributed by atoms with Gasteiger partial charge >= 0.3 is 0 Å². The molecule has 1 N–H and O–H groups in total. The molecule has 0 saturated carbocycles. The molecule has 3 aromatic rings. The lowest BCUT2D eigenvalue weighted by atomic mass is 10.0. The van der Waals surface area contributed by atoms with E-state index < -0.39 is 6.10 Å². The minimum atomic E-state index is -0.501. The maximum Gasteiger partial charge on any atom is 0.226 e. The molecule has 23 heavy (non-hydrogen) atoms. The van der Waals surface area contributed by atoms with E-state index in [4.69, 9.17) is 4.42 Å². The van der Waals surface area contributed by atoms with Crippen molar-refractivity contribution in [3.05, 3.63) is 76.1 Å². The standard InChI is InChI=1S/C19H18BrNO2/c1-13-17(21-19(23-13)15-5-3-2-4-6-15)11-12-18(22)14-7-9-16(20)10-8-14/h2-10,18,22H,11-12H2,1H3. The molecule has 0 amide bonds. The second-order valence-electron chi connectivity index (χ2n) is 5.49. The van der Waals surface area contributed by atoms with Crippen LogP contribution in [0.2, 0.25) is 0 Å². The lowest BCUT2D eigenvalue weighted by Gasteiger charge is -2.10. The summed E-state index contributed by atoms with van der Waals surface area (Å²) in [7, 11) is 0. The topological polar surface area (TPSA) is 46.3 Å². The van der Waals surface area contributed by atoms with Crippen molar-refractivity contribution in [3.8, 4) is 11.5 Å². The van der Waals surface area contributed by atoms with Gasteiger partial charge in [-0.3, -0.25) is 0 Å². The third kappa shape index (κ3) is 3.89. The van der Waals surface area contributed by atoms with Gasteiger partial charge in [0, 0.05) is 10.0 Å². The van der Waals surface area contributed by atoms with E-state index in [9.17, 15) is 5.11 Å². The average Bonchev–Trinajstić information content (AvgIpc) is 2.95. The number of rotatable bonds is 5. The number of benzene rings is 2. The predicted molar refractivity (Wildman–Crippen MR) is 94.1 cm³/mol. The number of aromatic nitrogens is 1. The van der Waals surface area contributed by atoms with Crippen molar-refractivity contribution < 1.29 is 9.52 Å². The van der Waals surface area contributed by atoms with Crippen molar-refractivity contribution in [1.82, 2.24) is 4.98 Å². The molecule has 0 fully saturated rings. The predicted octanol–water partition coefficient (Wildman–Crippen LogP) is 5.08. The second kappa shape index (κ2) is 7.11. The lowest BCUT2D eigenvalue weighted by molar-refractivity contribution is 0.167. The Labute approximate surface area is 144 Å². The molecule has 118 valence electrons. The van der Waals surface area contributed by atoms with Gasteiger partial charge in [-0.15, -0.1) is 0 Å². The Hall–Kier alpha value is -1.91. The largest absolute Gasteiger partial charge is 0.441 e. The highest BCUT2D eigenvalue weighted by Gasteiger charge is 2.14. The molecule has 3 nitrogen and oxygen atoms in total. The molecule has 0 bridgehead atoms. The molecule has 0 aliphatic carbocycles. The fourth-order valence-corrected chi connectivity index (χ4v) is 2.75. The molecule has 0 radical (unpaired) electrons. The average molecular weight is 372 g/mol. The summed E-state index contributed by atoms with van der Waals surface area (Å²) in [5.41, 5.74) is 2.79. The Balaban J connectivity index is 1.69. The monoisotopic (exact) mass is 371 g/mol. The first-order valence-electron chi connectivity index (χ1n) is 7.59. The molecule has 3 rings (SSSR count). The molecule has 0 saturated heterocycles. The zero-order valence-corrected chi connectivity index (χ0v) is 14.5. The van der Waals surface area contributed by atoms with Gasteiger partial charge in [-0.05, 0) is 49.6 Å². The first-order valence-corrected chi connectivity index (χ1v) is 8.38. The number of aliphatic hydroxyl groups excluding tert-OH is 1. The Morgan fingerprint density at radius 2 is 1.78 bits per heavy atom. The fraction of sp³-hybridized carbons (Fsp3) is 0.211. The minimum absolute atomic E-state index is 0.501. The summed E-state index contributed by atoms with van der Waals surface area (Å²) in [6.45, 7) is 1.92. The maximum atomic E-state index is 10.3. The van der Waals surface area contributed by atoms with Gasteiger partial charge < -0.3 is 9.52 Å². The van der Waals surface area contributed by atoms with Crippen LogP contribution in [0.1, 0.15) is 29.5 Å². The molecule has 1 heterocycles. The van der Waals surface area contributed by atoms with Crippen molar-refractivity contribution in [2.45, 2.75) is 25.9 Å². The molecule has 1 unspecified atom stereocenters. The molecule has 1 aromatic heterocycles. The number of nitrogens with zero attached hydrogens (tertiary/aromatic N) is 1. The van der Waals surface area contributed by atoms with Crippen molar-refractivity contribution in [3.63, 3.8) is 0 Å². The molecule has 0 aliphatic rings. The van der Waals surface area contributed by atoms with E-state index in [0.717, 1.165) is 27.1 Å². The molecular weight excluding hydrogens is 354 g/mol. The fourth-order valence-electron chi connectivity index (χ4n) is 2.49. The first-order chi connectivity index (χ1) is 11.1. The number of oxazole rings is 1. The van der Waals surface area contributed by atoms with E-state index >= 15 is 0 Å². The van der Waals surface area contributed by atoms with Crippen LogP contribution in [0.5, 0.6) is 0 Å². The summed E-state index contributed by atoms with van der Waals surface area (Å²) in [6.07, 6.45) is 0.794. The van der Waals surface area contributed by atoms with Gasteiger partial charge in [0.25, 0.3) is 0 Å². The van der Waals surface area contributed by atoms with Gasteiger partial charge in [-0.25, -0.2) is 4.98 Å². The number of hydrogen-bond donors (Lipinski definition) is 1. The van der Waals surface area contributed by atoms with Crippen LogP contribution in [-0.4, -0.2) is 10.1 Å². The lowest BCUT2D eigenvalue weighted by Crippen LogP contribution is -2.00. The quantitative estimate of drug-likeness (QED) is 0.680. The summed E-state index contributed by atoms with van der Waals surface area (Å²) in [5.74, 6) is 1.45. The highest BCUT2D eigenvalue weighted by molar-refractivity contribution is 9.10. The molecule has 0 spiro atoms. The van der Waals surface area contributed by atoms with Crippen LogP contribution in [0.25, 0.3) is 11.5 Å². The van der Waals surface area contributed by atoms with Crippen LogP contribution < -0.4 is 0 Å². The van der Waals surface area contributed by atoms with Gasteiger partial charge in [0.15, 0.2) is 0 Å². The van der Waals surface area contributed by atoms with Crippen LogP contribution in [0.15, 0.2) is 63.5 Å². The van der Waals surface area contributed by atoms with E-state index in [-0.39, 0.29) is 0 Å². The highest BCUT2D eigenvalue weighted by Crippen LogP contribution is 2.25. The van der Waals surface area contributed by atoms with E-state index in [1.54, 1.807) is 0 Å². The molecule has 2 aromatic carbocycles. The Kier molecular flexibility index (Phi) is 4.94. The van der Waals surface area contributed by atoms with Crippen molar-refractivity contribution in [1.29, 1.82) is 0 Å². The Morgan fingerprint density at radius 3 is 2.48 bits per heavy atom. The van der Waals surface area contributed by atoms with Gasteiger partial charge in [-0.1, -0.05) is 46.3 Å². The van der Waals surface area contributed by atoms with Crippen molar-refractivity contribution in [2.75, 3.05) is 0 Å². The van der Waals surface area contributed by atoms with E-state index in [2.05, 4.69) is 20.9 Å². The normalized spacial score (nSPS) is 12.3. The number of aryl methyl sites for hydroxylation is 2. The second-order valence-corrected chi connectivity index (χ2v) is 6.41. The van der Waals surface area contributed by atoms with E-state index in [0.29, 0.717) is 18.7 Å². The Morgan fingerprint density at radius 1 is 1.09 bits per heavy atom. The molecule has 0 aliphatic heterocycles. The Bertz CT molecular complexity index is 766. The van der Waals surface area contributed by atoms with Crippen LogP contribution >= 0.6 is 15.9 Å². The third-order valence-electron chi connectivity index (χ3n) is 3.82. The van der Waals surface area contributed by atoms with Crippen molar-refractivity contribution in [2.24, 2.45) is 0 Å². The summed E-state index contributed by atoms with van der Waals surface area (Å²) >= 11 is 3.40. The smallest absolute Gasteiger partial charge is 0.226 e. The number of aliphatic hydroxyl groups is 1. The third-order valence-corrected chi connectivity index (χ3v) is 4.35. The SMILES string of the molecule is Cc1oc(-c2ccccc2)nc1CCC(O)c1ccc(Br)cc1. The van der Waals surface area contributed by atoms with Gasteiger partial charge in [0.05, 0.1) is 11.8 Å². The van der Waals surface area contributed by atoms with Crippen LogP contribution in [0, 0.1) is 6.92 Å².